The largest absolute Gasteiger partial charge is 0.475 e. The van der Waals surface area contributed by atoms with Crippen molar-refractivity contribution in [1.29, 1.82) is 0 Å². The molecule has 0 fully saturated rings. The highest BCUT2D eigenvalue weighted by Crippen LogP contribution is 2.09. The Bertz CT molecular complexity index is 255. The number of furan rings is 1. The fourth-order valence-corrected chi connectivity index (χ4v) is 0.748. The van der Waals surface area contributed by atoms with Gasteiger partial charge >= 0.3 is 5.97 Å². The molecule has 1 aromatic rings. The minimum absolute atomic E-state index is 0.0676. The number of rotatable bonds is 3. The molecule has 60 valence electrons. The molecule has 0 saturated carbocycles. The molecule has 1 aromatic heterocycles. The first-order chi connectivity index (χ1) is 5.25. The van der Waals surface area contributed by atoms with Gasteiger partial charge in [0.2, 0.25) is 5.76 Å². The maximum absolute atomic E-state index is 10.4. The molecule has 0 atom stereocenters. The standard InChI is InChI=1S/C6H7NO4/c8-6(9)5-4(3-7-10)1-2-11-5/h1-2,7,10H,3H2,(H,8,9). The number of hydrogen-bond donors (Lipinski definition) is 3. The zero-order chi connectivity index (χ0) is 8.27. The van der Waals surface area contributed by atoms with E-state index < -0.39 is 5.97 Å². The summed E-state index contributed by atoms with van der Waals surface area (Å²) in [6, 6.07) is 1.48. The molecule has 0 radical (unpaired) electrons. The Kier molecular flexibility index (Phi) is 2.25. The molecule has 1 heterocycles. The number of hydroxylamine groups is 1. The fraction of sp³-hybridized carbons (Fsp3) is 0.167. The highest BCUT2D eigenvalue weighted by Gasteiger charge is 2.12. The van der Waals surface area contributed by atoms with Crippen LogP contribution in [0.2, 0.25) is 0 Å². The molecule has 0 unspecified atom stereocenters. The first kappa shape index (κ1) is 7.77. The maximum Gasteiger partial charge on any atom is 0.372 e. The van der Waals surface area contributed by atoms with Crippen molar-refractivity contribution in [2.24, 2.45) is 0 Å². The first-order valence-electron chi connectivity index (χ1n) is 2.92. The second-order valence-electron chi connectivity index (χ2n) is 1.92. The number of nitrogens with one attached hydrogen (secondary N) is 1. The lowest BCUT2D eigenvalue weighted by molar-refractivity contribution is 0.0659. The summed E-state index contributed by atoms with van der Waals surface area (Å²) in [5, 5.41) is 16.7. The normalized spacial score (nSPS) is 9.91. The zero-order valence-electron chi connectivity index (χ0n) is 5.57. The molecule has 3 N–H and O–H groups in total. The van der Waals surface area contributed by atoms with Crippen molar-refractivity contribution in [3.05, 3.63) is 23.7 Å². The molecule has 0 amide bonds. The Morgan fingerprint density at radius 2 is 2.45 bits per heavy atom. The molecule has 1 rings (SSSR count). The summed E-state index contributed by atoms with van der Waals surface area (Å²) in [6.45, 7) is 0.0676. The van der Waals surface area contributed by atoms with Gasteiger partial charge < -0.3 is 14.7 Å². The summed E-state index contributed by atoms with van der Waals surface area (Å²) in [4.78, 5) is 10.4. The van der Waals surface area contributed by atoms with Gasteiger partial charge in [0.05, 0.1) is 6.26 Å². The van der Waals surface area contributed by atoms with Gasteiger partial charge in [0.1, 0.15) is 0 Å². The van der Waals surface area contributed by atoms with Gasteiger partial charge in [0.25, 0.3) is 0 Å². The van der Waals surface area contributed by atoms with Crippen LogP contribution in [0.3, 0.4) is 0 Å². The number of carbonyl (C=O) groups is 1. The van der Waals surface area contributed by atoms with Crippen LogP contribution >= 0.6 is 0 Å². The highest BCUT2D eigenvalue weighted by atomic mass is 16.5. The molecular weight excluding hydrogens is 150 g/mol. The molecule has 5 nitrogen and oxygen atoms in total. The second-order valence-corrected chi connectivity index (χ2v) is 1.92. The van der Waals surface area contributed by atoms with Crippen molar-refractivity contribution in [3.8, 4) is 0 Å². The zero-order valence-corrected chi connectivity index (χ0v) is 5.57. The van der Waals surface area contributed by atoms with E-state index in [0.717, 1.165) is 0 Å². The molecular formula is C6H7NO4. The van der Waals surface area contributed by atoms with Gasteiger partial charge in [-0.25, -0.2) is 10.3 Å². The lowest BCUT2D eigenvalue weighted by Crippen LogP contribution is -2.09. The third-order valence-electron chi connectivity index (χ3n) is 1.21. The molecule has 0 spiro atoms. The predicted octanol–water partition coefficient (Wildman–Crippen LogP) is 0.457. The number of carboxylic acid groups (broad SMARTS) is 1. The molecule has 11 heavy (non-hydrogen) atoms. The summed E-state index contributed by atoms with van der Waals surface area (Å²) in [5.74, 6) is -1.29. The van der Waals surface area contributed by atoms with E-state index >= 15 is 0 Å². The lowest BCUT2D eigenvalue weighted by atomic mass is 10.2. The molecule has 0 bridgehead atoms. The van der Waals surface area contributed by atoms with Crippen LogP contribution in [0.5, 0.6) is 0 Å². The van der Waals surface area contributed by atoms with E-state index in [4.69, 9.17) is 10.3 Å². The Hall–Kier alpha value is -1.33. The van der Waals surface area contributed by atoms with E-state index in [0.29, 0.717) is 5.56 Å². The third kappa shape index (κ3) is 1.57. The molecule has 0 aliphatic heterocycles. The summed E-state index contributed by atoms with van der Waals surface area (Å²) >= 11 is 0. The SMILES string of the molecule is O=C(O)c1occc1CNO. The van der Waals surface area contributed by atoms with Crippen LogP contribution < -0.4 is 5.48 Å². The van der Waals surface area contributed by atoms with E-state index in [2.05, 4.69) is 4.42 Å². The van der Waals surface area contributed by atoms with Gasteiger partial charge in [-0.3, -0.25) is 0 Å². The van der Waals surface area contributed by atoms with Crippen LogP contribution in [0.25, 0.3) is 0 Å². The summed E-state index contributed by atoms with van der Waals surface area (Å²) in [6.07, 6.45) is 1.26. The van der Waals surface area contributed by atoms with Crippen LogP contribution in [0.15, 0.2) is 16.7 Å². The Labute approximate surface area is 62.2 Å². The van der Waals surface area contributed by atoms with Crippen LogP contribution in [0.1, 0.15) is 16.1 Å². The fourth-order valence-electron chi connectivity index (χ4n) is 0.748. The molecule has 0 saturated heterocycles. The van der Waals surface area contributed by atoms with Gasteiger partial charge in [-0.15, -0.1) is 0 Å². The third-order valence-corrected chi connectivity index (χ3v) is 1.21. The smallest absolute Gasteiger partial charge is 0.372 e. The van der Waals surface area contributed by atoms with Gasteiger partial charge in [-0.05, 0) is 6.07 Å². The molecule has 0 aliphatic carbocycles. The number of carboxylic acids is 1. The van der Waals surface area contributed by atoms with Crippen molar-refractivity contribution < 1.29 is 19.5 Å². The Morgan fingerprint density at radius 1 is 1.73 bits per heavy atom. The molecule has 0 aliphatic rings. The second kappa shape index (κ2) is 3.18. The summed E-state index contributed by atoms with van der Waals surface area (Å²) in [7, 11) is 0. The summed E-state index contributed by atoms with van der Waals surface area (Å²) < 4.78 is 4.63. The highest BCUT2D eigenvalue weighted by molar-refractivity contribution is 5.86. The number of hydrogen-bond acceptors (Lipinski definition) is 4. The van der Waals surface area contributed by atoms with E-state index in [-0.39, 0.29) is 12.3 Å². The number of aromatic carboxylic acids is 1. The maximum atomic E-state index is 10.4. The minimum Gasteiger partial charge on any atom is -0.475 e. The lowest BCUT2D eigenvalue weighted by Gasteiger charge is -1.94. The molecule has 5 heteroatoms. The average Bonchev–Trinajstić information content (AvgIpc) is 2.36. The van der Waals surface area contributed by atoms with Crippen LogP contribution in [-0.4, -0.2) is 16.3 Å². The topological polar surface area (TPSA) is 82.7 Å². The summed E-state index contributed by atoms with van der Waals surface area (Å²) in [5.41, 5.74) is 2.26. The van der Waals surface area contributed by atoms with Crippen molar-refractivity contribution in [2.45, 2.75) is 6.54 Å². The monoisotopic (exact) mass is 157 g/mol. The predicted molar refractivity (Wildman–Crippen MR) is 34.3 cm³/mol. The van der Waals surface area contributed by atoms with Crippen molar-refractivity contribution in [3.63, 3.8) is 0 Å². The van der Waals surface area contributed by atoms with Crippen molar-refractivity contribution >= 4 is 5.97 Å². The average molecular weight is 157 g/mol. The van der Waals surface area contributed by atoms with Gasteiger partial charge in [0.15, 0.2) is 0 Å². The van der Waals surface area contributed by atoms with Crippen molar-refractivity contribution in [2.75, 3.05) is 0 Å². The van der Waals surface area contributed by atoms with E-state index in [1.807, 2.05) is 5.48 Å². The molecule has 0 aromatic carbocycles. The first-order valence-corrected chi connectivity index (χ1v) is 2.92. The van der Waals surface area contributed by atoms with Gasteiger partial charge in [-0.2, -0.15) is 0 Å². The van der Waals surface area contributed by atoms with E-state index in [1.54, 1.807) is 0 Å². The van der Waals surface area contributed by atoms with Gasteiger partial charge in [-0.1, -0.05) is 0 Å². The van der Waals surface area contributed by atoms with Gasteiger partial charge in [0, 0.05) is 12.1 Å². The Balaban J connectivity index is 2.87. The Morgan fingerprint density at radius 3 is 3.00 bits per heavy atom. The van der Waals surface area contributed by atoms with Crippen LogP contribution in [0, 0.1) is 0 Å². The minimum atomic E-state index is -1.14. The van der Waals surface area contributed by atoms with Crippen LogP contribution in [-0.2, 0) is 6.54 Å². The van der Waals surface area contributed by atoms with Crippen LogP contribution in [0.4, 0.5) is 0 Å². The quantitative estimate of drug-likeness (QED) is 0.555. The van der Waals surface area contributed by atoms with Crippen molar-refractivity contribution in [1.82, 2.24) is 5.48 Å². The van der Waals surface area contributed by atoms with E-state index in [9.17, 15) is 4.79 Å². The van der Waals surface area contributed by atoms with E-state index in [1.165, 1.54) is 12.3 Å².